The van der Waals surface area contributed by atoms with Gasteiger partial charge in [-0.2, -0.15) is 0 Å². The Labute approximate surface area is 153 Å². The Bertz CT molecular complexity index is 809. The van der Waals surface area contributed by atoms with Crippen molar-refractivity contribution in [3.63, 3.8) is 0 Å². The summed E-state index contributed by atoms with van der Waals surface area (Å²) >= 11 is 0. The van der Waals surface area contributed by atoms with E-state index in [1.807, 2.05) is 43.0 Å². The minimum Gasteiger partial charge on any atom is -0.367 e. The quantitative estimate of drug-likeness (QED) is 0.922. The topological polar surface area (TPSA) is 65.5 Å². The molecule has 136 valence electrons. The van der Waals surface area contributed by atoms with Crippen LogP contribution in [-0.4, -0.2) is 47.9 Å². The molecular weight excluding hydrogens is 328 g/mol. The molecule has 1 N–H and O–H groups in total. The average Bonchev–Trinajstić information content (AvgIpc) is 2.64. The van der Waals surface area contributed by atoms with Gasteiger partial charge in [-0.25, -0.2) is 4.98 Å². The molecule has 2 aromatic rings. The number of carbonyl (C=O) groups excluding carboxylic acids is 2. The lowest BCUT2D eigenvalue weighted by atomic mass is 10.1. The number of rotatable bonds is 3. The van der Waals surface area contributed by atoms with Crippen LogP contribution >= 0.6 is 0 Å². The van der Waals surface area contributed by atoms with Crippen molar-refractivity contribution in [2.75, 3.05) is 36.4 Å². The van der Waals surface area contributed by atoms with Crippen LogP contribution in [0, 0.1) is 13.8 Å². The highest BCUT2D eigenvalue weighted by atomic mass is 16.2. The Morgan fingerprint density at radius 1 is 1.04 bits per heavy atom. The average molecular weight is 352 g/mol. The minimum absolute atomic E-state index is 0.112. The second kappa shape index (κ2) is 7.56. The number of aryl methyl sites for hydroxylation is 2. The van der Waals surface area contributed by atoms with E-state index in [-0.39, 0.29) is 11.8 Å². The van der Waals surface area contributed by atoms with Crippen molar-refractivity contribution in [1.82, 2.24) is 9.88 Å². The molecule has 2 amide bonds. The number of anilines is 2. The molecule has 0 spiro atoms. The number of nitrogens with one attached hydrogen (secondary N) is 1. The third-order valence-corrected chi connectivity index (χ3v) is 4.70. The van der Waals surface area contributed by atoms with Crippen molar-refractivity contribution < 1.29 is 9.59 Å². The van der Waals surface area contributed by atoms with Gasteiger partial charge in [0.1, 0.15) is 5.69 Å². The second-order valence-electron chi connectivity index (χ2n) is 6.67. The summed E-state index contributed by atoms with van der Waals surface area (Å²) in [6, 6.07) is 9.57. The Morgan fingerprint density at radius 2 is 1.77 bits per heavy atom. The lowest BCUT2D eigenvalue weighted by molar-refractivity contribution is -0.129. The zero-order valence-electron chi connectivity index (χ0n) is 15.5. The van der Waals surface area contributed by atoms with Gasteiger partial charge in [0.25, 0.3) is 5.91 Å². The van der Waals surface area contributed by atoms with Crippen molar-refractivity contribution in [1.29, 1.82) is 0 Å². The first-order chi connectivity index (χ1) is 12.4. The summed E-state index contributed by atoms with van der Waals surface area (Å²) < 4.78 is 0. The maximum Gasteiger partial charge on any atom is 0.274 e. The second-order valence-corrected chi connectivity index (χ2v) is 6.67. The molecule has 0 atom stereocenters. The van der Waals surface area contributed by atoms with Gasteiger partial charge in [-0.15, -0.1) is 0 Å². The van der Waals surface area contributed by atoms with Gasteiger partial charge in [-0.1, -0.05) is 17.7 Å². The van der Waals surface area contributed by atoms with Gasteiger partial charge in [0.15, 0.2) is 0 Å². The number of pyridine rings is 1. The number of hydrogen-bond donors (Lipinski definition) is 1. The van der Waals surface area contributed by atoms with Gasteiger partial charge in [-0.05, 0) is 37.6 Å². The molecule has 3 rings (SSSR count). The molecule has 26 heavy (non-hydrogen) atoms. The van der Waals surface area contributed by atoms with Crippen LogP contribution in [-0.2, 0) is 4.79 Å². The van der Waals surface area contributed by atoms with Crippen LogP contribution < -0.4 is 10.2 Å². The zero-order valence-corrected chi connectivity index (χ0v) is 15.5. The van der Waals surface area contributed by atoms with Crippen molar-refractivity contribution >= 4 is 23.2 Å². The Balaban J connectivity index is 1.64. The molecule has 1 saturated heterocycles. The number of aromatic nitrogens is 1. The first kappa shape index (κ1) is 17.9. The van der Waals surface area contributed by atoms with Crippen molar-refractivity contribution in [3.05, 3.63) is 53.3 Å². The molecule has 1 fully saturated rings. The smallest absolute Gasteiger partial charge is 0.274 e. The highest BCUT2D eigenvalue weighted by Crippen LogP contribution is 2.19. The van der Waals surface area contributed by atoms with Crippen LogP contribution in [0.15, 0.2) is 36.5 Å². The molecule has 6 nitrogen and oxygen atoms in total. The maximum atomic E-state index is 12.4. The summed E-state index contributed by atoms with van der Waals surface area (Å²) in [6.07, 6.45) is 1.72. The summed E-state index contributed by atoms with van der Waals surface area (Å²) in [6.45, 7) is 8.56. The largest absolute Gasteiger partial charge is 0.367 e. The first-order valence-electron chi connectivity index (χ1n) is 8.79. The number of piperazine rings is 1. The molecule has 2 heterocycles. The van der Waals surface area contributed by atoms with Crippen LogP contribution in [0.3, 0.4) is 0 Å². The van der Waals surface area contributed by atoms with E-state index >= 15 is 0 Å². The third kappa shape index (κ3) is 4.02. The Kier molecular flexibility index (Phi) is 5.21. The lowest BCUT2D eigenvalue weighted by Crippen LogP contribution is -2.48. The highest BCUT2D eigenvalue weighted by molar-refractivity contribution is 6.03. The number of nitrogens with zero attached hydrogens (tertiary/aromatic N) is 3. The van der Waals surface area contributed by atoms with Gasteiger partial charge in [0.05, 0.1) is 11.9 Å². The zero-order chi connectivity index (χ0) is 18.7. The molecule has 0 radical (unpaired) electrons. The third-order valence-electron chi connectivity index (χ3n) is 4.70. The molecule has 6 heteroatoms. The van der Waals surface area contributed by atoms with E-state index in [1.54, 1.807) is 19.2 Å². The molecule has 0 aliphatic carbocycles. The fourth-order valence-corrected chi connectivity index (χ4v) is 3.13. The molecule has 0 unspecified atom stereocenters. The monoisotopic (exact) mass is 352 g/mol. The van der Waals surface area contributed by atoms with E-state index in [0.717, 1.165) is 35.6 Å². The minimum atomic E-state index is -0.218. The van der Waals surface area contributed by atoms with E-state index in [9.17, 15) is 9.59 Å². The van der Waals surface area contributed by atoms with Gasteiger partial charge < -0.3 is 15.1 Å². The molecule has 0 bridgehead atoms. The molecule has 1 aliphatic heterocycles. The number of benzene rings is 1. The van der Waals surface area contributed by atoms with Crippen LogP contribution in [0.1, 0.15) is 28.5 Å². The van der Waals surface area contributed by atoms with Gasteiger partial charge in [0.2, 0.25) is 5.91 Å². The van der Waals surface area contributed by atoms with E-state index in [0.29, 0.717) is 18.8 Å². The van der Waals surface area contributed by atoms with Crippen molar-refractivity contribution in [2.45, 2.75) is 20.8 Å². The Hall–Kier alpha value is -2.89. The summed E-state index contributed by atoms with van der Waals surface area (Å²) in [5.41, 5.74) is 4.34. The van der Waals surface area contributed by atoms with E-state index in [4.69, 9.17) is 0 Å². The Morgan fingerprint density at radius 3 is 2.35 bits per heavy atom. The predicted octanol–water partition coefficient (Wildman–Crippen LogP) is 2.62. The van der Waals surface area contributed by atoms with Gasteiger partial charge in [-0.3, -0.25) is 9.59 Å². The summed E-state index contributed by atoms with van der Waals surface area (Å²) in [5.74, 6) is -0.105. The highest BCUT2D eigenvalue weighted by Gasteiger charge is 2.19. The van der Waals surface area contributed by atoms with Crippen molar-refractivity contribution in [3.8, 4) is 0 Å². The van der Waals surface area contributed by atoms with Crippen LogP contribution in [0.2, 0.25) is 0 Å². The van der Waals surface area contributed by atoms with Crippen molar-refractivity contribution in [2.24, 2.45) is 0 Å². The number of amides is 2. The molecule has 1 aromatic carbocycles. The summed E-state index contributed by atoms with van der Waals surface area (Å²) in [4.78, 5) is 32.2. The molecule has 0 saturated carbocycles. The predicted molar refractivity (Wildman–Crippen MR) is 103 cm³/mol. The maximum absolute atomic E-state index is 12.4. The van der Waals surface area contributed by atoms with Gasteiger partial charge >= 0.3 is 0 Å². The normalized spacial score (nSPS) is 14.3. The number of hydrogen-bond acceptors (Lipinski definition) is 4. The van der Waals surface area contributed by atoms with E-state index in [2.05, 4.69) is 15.2 Å². The van der Waals surface area contributed by atoms with Crippen LogP contribution in [0.4, 0.5) is 11.4 Å². The lowest BCUT2D eigenvalue weighted by Gasteiger charge is -2.35. The van der Waals surface area contributed by atoms with E-state index < -0.39 is 0 Å². The summed E-state index contributed by atoms with van der Waals surface area (Å²) in [7, 11) is 0. The SMILES string of the molecule is CC(=O)N1CCN(c2ccc(C(=O)Nc3ccc(C)cc3C)nc2)CC1. The van der Waals surface area contributed by atoms with E-state index in [1.165, 1.54) is 0 Å². The van der Waals surface area contributed by atoms with Gasteiger partial charge in [0, 0.05) is 38.8 Å². The first-order valence-corrected chi connectivity index (χ1v) is 8.79. The fourth-order valence-electron chi connectivity index (χ4n) is 3.13. The molecular formula is C20H24N4O2. The van der Waals surface area contributed by atoms with Crippen LogP contribution in [0.25, 0.3) is 0 Å². The fraction of sp³-hybridized carbons (Fsp3) is 0.350. The molecule has 1 aliphatic rings. The molecule has 1 aromatic heterocycles. The standard InChI is InChI=1S/C20H24N4O2/c1-14-4-6-18(15(2)12-14)22-20(26)19-7-5-17(13-21-19)24-10-8-23(9-11-24)16(3)25/h4-7,12-13H,8-11H2,1-3H3,(H,22,26). The van der Waals surface area contributed by atoms with Crippen LogP contribution in [0.5, 0.6) is 0 Å². The summed E-state index contributed by atoms with van der Waals surface area (Å²) in [5, 5.41) is 2.91. The number of carbonyl (C=O) groups is 2.